The molecule has 4 aromatic rings. The van der Waals surface area contributed by atoms with E-state index in [1.165, 1.54) is 6.92 Å². The fourth-order valence-corrected chi connectivity index (χ4v) is 5.65. The number of hydrogen-bond acceptors (Lipinski definition) is 9. The number of ether oxygens (including phenoxy) is 2. The van der Waals surface area contributed by atoms with Crippen LogP contribution in [0.3, 0.4) is 0 Å². The van der Waals surface area contributed by atoms with Crippen LogP contribution in [-0.2, 0) is 30.7 Å². The summed E-state index contributed by atoms with van der Waals surface area (Å²) in [6.45, 7) is 4.57. The van der Waals surface area contributed by atoms with Gasteiger partial charge in [0.15, 0.2) is 5.60 Å². The fourth-order valence-electron chi connectivity index (χ4n) is 5.14. The molecule has 0 saturated carbocycles. The van der Waals surface area contributed by atoms with Gasteiger partial charge < -0.3 is 19.1 Å². The average molecular weight is 605 g/mol. The van der Waals surface area contributed by atoms with Crippen molar-refractivity contribution in [2.24, 2.45) is 0 Å². The normalized spacial score (nSPS) is 18.6. The van der Waals surface area contributed by atoms with Gasteiger partial charge in [0.1, 0.15) is 23.4 Å². The second-order valence-electron chi connectivity index (χ2n) is 11.2. The van der Waals surface area contributed by atoms with Crippen molar-refractivity contribution in [3.63, 3.8) is 0 Å². The van der Waals surface area contributed by atoms with E-state index in [4.69, 9.17) is 14.0 Å². The highest BCUT2D eigenvalue weighted by molar-refractivity contribution is 7.90. The van der Waals surface area contributed by atoms with Crippen molar-refractivity contribution < 1.29 is 37.1 Å². The van der Waals surface area contributed by atoms with Gasteiger partial charge in [-0.15, -0.1) is 0 Å². The number of carbonyl (C=O) groups excluding carboxylic acids is 2. The number of sulfone groups is 1. The van der Waals surface area contributed by atoms with Gasteiger partial charge in [-0.05, 0) is 43.0 Å². The van der Waals surface area contributed by atoms with Crippen LogP contribution in [0, 0.1) is 0 Å². The van der Waals surface area contributed by atoms with Crippen molar-refractivity contribution in [2.75, 3.05) is 6.26 Å². The number of hydrogen-bond donors (Lipinski definition) is 1. The van der Waals surface area contributed by atoms with Crippen molar-refractivity contribution in [1.29, 1.82) is 0 Å². The number of aromatic nitrogens is 1. The van der Waals surface area contributed by atoms with Gasteiger partial charge in [0.2, 0.25) is 9.84 Å². The molecule has 0 aliphatic carbocycles. The molecule has 2 heterocycles. The number of rotatable bonds is 9. The van der Waals surface area contributed by atoms with Crippen LogP contribution in [0.1, 0.15) is 49.7 Å². The summed E-state index contributed by atoms with van der Waals surface area (Å²) in [5, 5.41) is 14.8. The largest absolute Gasteiger partial charge is 0.440 e. The quantitative estimate of drug-likeness (QED) is 0.272. The van der Waals surface area contributed by atoms with Crippen molar-refractivity contribution >= 4 is 21.8 Å². The Morgan fingerprint density at radius 3 is 2.19 bits per heavy atom. The molecule has 224 valence electrons. The highest BCUT2D eigenvalue weighted by Crippen LogP contribution is 2.44. The molecule has 3 atom stereocenters. The second kappa shape index (κ2) is 11.4. The van der Waals surface area contributed by atoms with Crippen LogP contribution in [0.25, 0.3) is 11.1 Å². The van der Waals surface area contributed by atoms with Crippen molar-refractivity contribution in [1.82, 2.24) is 10.1 Å². The minimum Gasteiger partial charge on any atom is -0.440 e. The summed E-state index contributed by atoms with van der Waals surface area (Å²) in [4.78, 5) is 28.6. The van der Waals surface area contributed by atoms with Crippen molar-refractivity contribution in [3.05, 3.63) is 108 Å². The minimum atomic E-state index is -3.80. The number of amides is 2. The van der Waals surface area contributed by atoms with E-state index in [1.54, 1.807) is 38.1 Å². The molecule has 1 aliphatic rings. The zero-order valence-electron chi connectivity index (χ0n) is 24.1. The van der Waals surface area contributed by atoms with E-state index in [-0.39, 0.29) is 12.3 Å². The monoisotopic (exact) mass is 604 g/mol. The number of aliphatic hydroxyl groups is 1. The molecule has 43 heavy (non-hydrogen) atoms. The highest BCUT2D eigenvalue weighted by atomic mass is 32.2. The van der Waals surface area contributed by atoms with Gasteiger partial charge in [-0.3, -0.25) is 4.79 Å². The van der Waals surface area contributed by atoms with Crippen molar-refractivity contribution in [2.45, 2.75) is 55.8 Å². The van der Waals surface area contributed by atoms with Crippen LogP contribution in [0.2, 0.25) is 0 Å². The van der Waals surface area contributed by atoms with Gasteiger partial charge >= 0.3 is 6.09 Å². The van der Waals surface area contributed by atoms with Gasteiger partial charge in [0.05, 0.1) is 6.61 Å². The Bertz CT molecular complexity index is 1720. The topological polar surface area (TPSA) is 136 Å². The Kier molecular flexibility index (Phi) is 7.99. The first-order valence-corrected chi connectivity index (χ1v) is 15.4. The molecule has 1 aliphatic heterocycles. The number of nitrogens with zero attached hydrogens (tertiary/aromatic N) is 2. The Hall–Kier alpha value is -4.32. The van der Waals surface area contributed by atoms with Crippen molar-refractivity contribution in [3.8, 4) is 11.1 Å². The second-order valence-corrected chi connectivity index (χ2v) is 13.1. The molecule has 1 aromatic heterocycles. The number of cyclic esters (lactones) is 1. The van der Waals surface area contributed by atoms with Gasteiger partial charge in [0, 0.05) is 12.3 Å². The molecule has 0 bridgehead atoms. The summed E-state index contributed by atoms with van der Waals surface area (Å²) < 4.78 is 40.8. The molecular weight excluding hydrogens is 572 g/mol. The molecule has 2 amide bonds. The zero-order valence-corrected chi connectivity index (χ0v) is 24.9. The predicted octanol–water partition coefficient (Wildman–Crippen LogP) is 5.25. The van der Waals surface area contributed by atoms with Crippen LogP contribution >= 0.6 is 0 Å². The maximum absolute atomic E-state index is 14.4. The first-order chi connectivity index (χ1) is 20.3. The van der Waals surface area contributed by atoms with Gasteiger partial charge in [-0.1, -0.05) is 90.1 Å². The average Bonchev–Trinajstić information content (AvgIpc) is 3.58. The van der Waals surface area contributed by atoms with E-state index in [0.29, 0.717) is 11.1 Å². The molecule has 0 spiro atoms. The Morgan fingerprint density at radius 1 is 1.02 bits per heavy atom. The van der Waals surface area contributed by atoms with Crippen LogP contribution in [0.4, 0.5) is 4.79 Å². The summed E-state index contributed by atoms with van der Waals surface area (Å²) in [5.41, 5.74) is -0.153. The molecule has 1 N–H and O–H groups in total. The van der Waals surface area contributed by atoms with Gasteiger partial charge in [-0.25, -0.2) is 18.1 Å². The summed E-state index contributed by atoms with van der Waals surface area (Å²) in [5.74, 6) is -0.894. The van der Waals surface area contributed by atoms with Crippen LogP contribution in [-0.4, -0.2) is 53.0 Å². The fraction of sp³-hybridized carbons (Fsp3) is 0.281. The Balaban J connectivity index is 1.51. The number of imide groups is 1. The number of carbonyl (C=O) groups is 2. The lowest BCUT2D eigenvalue weighted by Crippen LogP contribution is -2.54. The molecule has 1 saturated heterocycles. The van der Waals surface area contributed by atoms with E-state index in [0.717, 1.165) is 28.3 Å². The third kappa shape index (κ3) is 5.96. The minimum absolute atomic E-state index is 0.132. The number of aliphatic hydroxyl groups excluding tert-OH is 1. The Labute approximate surface area is 249 Å². The maximum Gasteiger partial charge on any atom is 0.417 e. The van der Waals surface area contributed by atoms with Gasteiger partial charge in [-0.2, -0.15) is 0 Å². The van der Waals surface area contributed by atoms with Crippen LogP contribution in [0.15, 0.2) is 101 Å². The van der Waals surface area contributed by atoms with E-state index in [9.17, 15) is 23.1 Å². The molecule has 0 unspecified atom stereocenters. The molecular formula is C32H32N2O8S. The van der Waals surface area contributed by atoms with E-state index in [2.05, 4.69) is 5.16 Å². The molecule has 10 nitrogen and oxygen atoms in total. The lowest BCUT2D eigenvalue weighted by atomic mass is 9.88. The standard InChI is InChI=1S/C32H32N2O8S/c1-31(2)27(24-13-9-6-10-14-24)34(30(37)41-31)29(36)32(3,28(35)25-19-26(42-33-25)43(4,38)39)40-20-21-15-17-23(18-16-21)22-11-7-5-8-12-22/h5-19,27-28,35H,20H2,1-4H3/t27-,28-,32-/m0/s1. The maximum atomic E-state index is 14.4. The summed E-state index contributed by atoms with van der Waals surface area (Å²) in [6, 6.07) is 26.4. The third-order valence-corrected chi connectivity index (χ3v) is 8.42. The summed E-state index contributed by atoms with van der Waals surface area (Å²) >= 11 is 0. The highest BCUT2D eigenvalue weighted by Gasteiger charge is 2.57. The molecule has 5 rings (SSSR count). The van der Waals surface area contributed by atoms with E-state index in [1.807, 2.05) is 60.7 Å². The third-order valence-electron chi connectivity index (χ3n) is 7.50. The first kappa shape index (κ1) is 30.1. The lowest BCUT2D eigenvalue weighted by Gasteiger charge is -2.37. The van der Waals surface area contributed by atoms with E-state index >= 15 is 0 Å². The first-order valence-electron chi connectivity index (χ1n) is 13.6. The Morgan fingerprint density at radius 2 is 1.60 bits per heavy atom. The number of benzene rings is 3. The smallest absolute Gasteiger partial charge is 0.417 e. The lowest BCUT2D eigenvalue weighted by molar-refractivity contribution is -0.175. The van der Waals surface area contributed by atoms with Crippen LogP contribution in [0.5, 0.6) is 0 Å². The van der Waals surface area contributed by atoms with Crippen LogP contribution < -0.4 is 0 Å². The molecule has 0 radical (unpaired) electrons. The summed E-state index contributed by atoms with van der Waals surface area (Å²) in [6.07, 6.45) is -1.80. The molecule has 11 heteroatoms. The zero-order chi connectivity index (χ0) is 31.0. The predicted molar refractivity (Wildman–Crippen MR) is 156 cm³/mol. The van der Waals surface area contributed by atoms with E-state index < -0.39 is 50.3 Å². The SMILES string of the molecule is CC1(C)OC(=O)N(C(=O)[C@@](C)(OCc2ccc(-c3ccccc3)cc2)[C@@H](O)c2cc(S(C)(=O)=O)on2)[C@H]1c1ccccc1. The molecule has 3 aromatic carbocycles. The summed E-state index contributed by atoms with van der Waals surface area (Å²) in [7, 11) is -3.80. The van der Waals surface area contributed by atoms with Gasteiger partial charge in [0.25, 0.3) is 11.0 Å². The molecule has 1 fully saturated rings.